The van der Waals surface area contributed by atoms with Gasteiger partial charge in [-0.1, -0.05) is 19.3 Å². The molecule has 2 rings (SSSR count). The van der Waals surface area contributed by atoms with Crippen LogP contribution in [0, 0.1) is 0 Å². The van der Waals surface area contributed by atoms with E-state index < -0.39 is 0 Å². The van der Waals surface area contributed by atoms with Gasteiger partial charge in [-0.25, -0.2) is 0 Å². The van der Waals surface area contributed by atoms with Crippen molar-refractivity contribution in [1.82, 2.24) is 10.2 Å². The topological polar surface area (TPSA) is 35.5 Å². The summed E-state index contributed by atoms with van der Waals surface area (Å²) in [7, 11) is 2.05. The van der Waals surface area contributed by atoms with E-state index in [1.54, 1.807) is 0 Å². The van der Waals surface area contributed by atoms with E-state index in [-0.39, 0.29) is 6.10 Å². The molecular weight excluding hydrogens is 212 g/mol. The van der Waals surface area contributed by atoms with Crippen molar-refractivity contribution >= 4 is 0 Å². The van der Waals surface area contributed by atoms with Crippen LogP contribution in [-0.2, 0) is 0 Å². The predicted molar refractivity (Wildman–Crippen MR) is 71.1 cm³/mol. The van der Waals surface area contributed by atoms with Gasteiger partial charge in [0, 0.05) is 18.1 Å². The third-order valence-electron chi connectivity index (χ3n) is 4.74. The van der Waals surface area contributed by atoms with Gasteiger partial charge in [0.2, 0.25) is 0 Å². The lowest BCUT2D eigenvalue weighted by molar-refractivity contribution is -0.0221. The molecule has 1 saturated heterocycles. The number of nitrogens with one attached hydrogen (secondary N) is 1. The lowest BCUT2D eigenvalue weighted by Crippen LogP contribution is -2.57. The summed E-state index contributed by atoms with van der Waals surface area (Å²) in [6, 6.07) is 1.57. The smallest absolute Gasteiger partial charge is 0.0695 e. The predicted octanol–water partition coefficient (Wildman–Crippen LogP) is 1.75. The number of aliphatic hydroxyl groups excluding tert-OH is 1. The molecular formula is C14H28N2O. The average molecular weight is 240 g/mol. The van der Waals surface area contributed by atoms with Gasteiger partial charge in [-0.15, -0.1) is 0 Å². The van der Waals surface area contributed by atoms with Crippen LogP contribution in [0.4, 0.5) is 0 Å². The number of likely N-dealkylation sites (tertiary alicyclic amines) is 1. The Morgan fingerprint density at radius 1 is 1.12 bits per heavy atom. The first-order chi connectivity index (χ1) is 8.24. The number of hydrogen-bond donors (Lipinski definition) is 2. The zero-order valence-electron chi connectivity index (χ0n) is 11.4. The molecule has 100 valence electrons. The highest BCUT2D eigenvalue weighted by Gasteiger charge is 2.36. The molecule has 0 aromatic rings. The number of nitrogens with zero attached hydrogens (tertiary/aromatic N) is 1. The molecule has 1 saturated carbocycles. The minimum atomic E-state index is -0.0894. The number of aliphatic hydroxyl groups is 1. The summed E-state index contributed by atoms with van der Waals surface area (Å²) in [6.07, 6.45) is 8.53. The number of piperidine rings is 1. The molecule has 4 atom stereocenters. The van der Waals surface area contributed by atoms with Crippen molar-refractivity contribution in [3.63, 3.8) is 0 Å². The van der Waals surface area contributed by atoms with Crippen molar-refractivity contribution in [3.8, 4) is 0 Å². The van der Waals surface area contributed by atoms with Gasteiger partial charge in [0.1, 0.15) is 0 Å². The molecule has 1 aliphatic heterocycles. The van der Waals surface area contributed by atoms with E-state index in [0.717, 1.165) is 6.42 Å². The van der Waals surface area contributed by atoms with Crippen LogP contribution in [0.15, 0.2) is 0 Å². The van der Waals surface area contributed by atoms with Gasteiger partial charge in [0.05, 0.1) is 6.10 Å². The van der Waals surface area contributed by atoms with Crippen molar-refractivity contribution in [3.05, 3.63) is 0 Å². The zero-order valence-corrected chi connectivity index (χ0v) is 11.4. The van der Waals surface area contributed by atoms with Crippen molar-refractivity contribution < 1.29 is 5.11 Å². The van der Waals surface area contributed by atoms with Gasteiger partial charge < -0.3 is 10.4 Å². The van der Waals surface area contributed by atoms with E-state index in [2.05, 4.69) is 24.2 Å². The van der Waals surface area contributed by atoms with Gasteiger partial charge in [-0.3, -0.25) is 4.90 Å². The van der Waals surface area contributed by atoms with Crippen LogP contribution < -0.4 is 5.32 Å². The maximum absolute atomic E-state index is 10.2. The van der Waals surface area contributed by atoms with Gasteiger partial charge in [0.25, 0.3) is 0 Å². The molecule has 1 aliphatic carbocycles. The highest BCUT2D eigenvalue weighted by molar-refractivity contribution is 4.92. The summed E-state index contributed by atoms with van der Waals surface area (Å²) in [4.78, 5) is 2.61. The SMILES string of the molecule is CNC(C)C1CCCCN1C1CCCCC1O. The van der Waals surface area contributed by atoms with Crippen molar-refractivity contribution in [2.45, 2.75) is 76.1 Å². The number of likely N-dealkylation sites (N-methyl/N-ethyl adjacent to an activating group) is 1. The van der Waals surface area contributed by atoms with E-state index in [0.29, 0.717) is 18.1 Å². The second-order valence-corrected chi connectivity index (χ2v) is 5.80. The van der Waals surface area contributed by atoms with Crippen LogP contribution in [0.25, 0.3) is 0 Å². The van der Waals surface area contributed by atoms with Crippen LogP contribution >= 0.6 is 0 Å². The van der Waals surface area contributed by atoms with E-state index in [1.165, 1.54) is 45.1 Å². The second kappa shape index (κ2) is 6.17. The molecule has 4 unspecified atom stereocenters. The fraction of sp³-hybridized carbons (Fsp3) is 1.00. The molecule has 2 N–H and O–H groups in total. The Balaban J connectivity index is 2.04. The first kappa shape index (κ1) is 13.3. The molecule has 0 aromatic heterocycles. The zero-order chi connectivity index (χ0) is 12.3. The lowest BCUT2D eigenvalue weighted by atomic mass is 9.86. The Labute approximate surface area is 106 Å². The summed E-state index contributed by atoms with van der Waals surface area (Å²) < 4.78 is 0. The molecule has 17 heavy (non-hydrogen) atoms. The normalized spacial score (nSPS) is 37.9. The Hall–Kier alpha value is -0.120. The summed E-state index contributed by atoms with van der Waals surface area (Å²) in [5.74, 6) is 0. The average Bonchev–Trinajstić information content (AvgIpc) is 2.38. The third kappa shape index (κ3) is 3.01. The minimum Gasteiger partial charge on any atom is -0.391 e. The standard InChI is InChI=1S/C14H28N2O/c1-11(15-2)12-7-5-6-10-16(12)13-8-3-4-9-14(13)17/h11-15,17H,3-10H2,1-2H3. The quantitative estimate of drug-likeness (QED) is 0.789. The summed E-state index contributed by atoms with van der Waals surface area (Å²) in [5, 5.41) is 13.6. The summed E-state index contributed by atoms with van der Waals surface area (Å²) in [5.41, 5.74) is 0. The van der Waals surface area contributed by atoms with Gasteiger partial charge in [0.15, 0.2) is 0 Å². The Morgan fingerprint density at radius 3 is 2.53 bits per heavy atom. The molecule has 2 fully saturated rings. The van der Waals surface area contributed by atoms with Crippen LogP contribution in [0.3, 0.4) is 0 Å². The lowest BCUT2D eigenvalue weighted by Gasteiger charge is -2.46. The largest absolute Gasteiger partial charge is 0.391 e. The Bertz CT molecular complexity index is 222. The molecule has 3 heteroatoms. The minimum absolute atomic E-state index is 0.0894. The third-order valence-corrected chi connectivity index (χ3v) is 4.74. The second-order valence-electron chi connectivity index (χ2n) is 5.80. The molecule has 3 nitrogen and oxygen atoms in total. The highest BCUT2D eigenvalue weighted by Crippen LogP contribution is 2.30. The van der Waals surface area contributed by atoms with Gasteiger partial charge >= 0.3 is 0 Å². The van der Waals surface area contributed by atoms with Crippen LogP contribution in [-0.4, -0.2) is 47.8 Å². The monoisotopic (exact) mass is 240 g/mol. The molecule has 0 bridgehead atoms. The molecule has 1 heterocycles. The fourth-order valence-electron chi connectivity index (χ4n) is 3.60. The Morgan fingerprint density at radius 2 is 1.82 bits per heavy atom. The molecule has 0 radical (unpaired) electrons. The van der Waals surface area contributed by atoms with Crippen molar-refractivity contribution in [2.24, 2.45) is 0 Å². The van der Waals surface area contributed by atoms with Crippen LogP contribution in [0.1, 0.15) is 51.9 Å². The summed E-state index contributed by atoms with van der Waals surface area (Å²) >= 11 is 0. The summed E-state index contributed by atoms with van der Waals surface area (Å²) in [6.45, 7) is 3.45. The fourth-order valence-corrected chi connectivity index (χ4v) is 3.60. The first-order valence-electron chi connectivity index (χ1n) is 7.35. The molecule has 0 spiro atoms. The number of hydrogen-bond acceptors (Lipinski definition) is 3. The highest BCUT2D eigenvalue weighted by atomic mass is 16.3. The van der Waals surface area contributed by atoms with E-state index in [1.807, 2.05) is 0 Å². The van der Waals surface area contributed by atoms with E-state index >= 15 is 0 Å². The molecule has 2 aliphatic rings. The molecule has 0 amide bonds. The van der Waals surface area contributed by atoms with E-state index in [9.17, 15) is 5.11 Å². The maximum atomic E-state index is 10.2. The maximum Gasteiger partial charge on any atom is 0.0695 e. The van der Waals surface area contributed by atoms with Gasteiger partial charge in [-0.05, 0) is 46.2 Å². The molecule has 0 aromatic carbocycles. The Kier molecular flexibility index (Phi) is 4.83. The van der Waals surface area contributed by atoms with Gasteiger partial charge in [-0.2, -0.15) is 0 Å². The first-order valence-corrected chi connectivity index (χ1v) is 7.35. The van der Waals surface area contributed by atoms with Crippen LogP contribution in [0.5, 0.6) is 0 Å². The van der Waals surface area contributed by atoms with Crippen molar-refractivity contribution in [2.75, 3.05) is 13.6 Å². The van der Waals surface area contributed by atoms with Crippen LogP contribution in [0.2, 0.25) is 0 Å². The van der Waals surface area contributed by atoms with Crippen molar-refractivity contribution in [1.29, 1.82) is 0 Å². The number of rotatable bonds is 3. The van der Waals surface area contributed by atoms with E-state index in [4.69, 9.17) is 0 Å².